The van der Waals surface area contributed by atoms with Gasteiger partial charge in [0.05, 0.1) is 7.11 Å². The fraction of sp³-hybridized carbons (Fsp3) is 0.158. The number of amides is 1. The second-order valence-corrected chi connectivity index (χ2v) is 6.29. The van der Waals surface area contributed by atoms with E-state index in [1.165, 1.54) is 16.9 Å². The largest absolute Gasteiger partial charge is 0.497 e. The van der Waals surface area contributed by atoms with Gasteiger partial charge in [-0.2, -0.15) is 0 Å². The Morgan fingerprint density at radius 1 is 1.12 bits per heavy atom. The molecule has 0 aliphatic rings. The van der Waals surface area contributed by atoms with Crippen molar-refractivity contribution in [3.63, 3.8) is 0 Å². The maximum atomic E-state index is 12.2. The van der Waals surface area contributed by atoms with Crippen molar-refractivity contribution in [3.05, 3.63) is 70.7 Å². The van der Waals surface area contributed by atoms with Crippen molar-refractivity contribution in [1.29, 1.82) is 0 Å². The molecule has 0 radical (unpaired) electrons. The van der Waals surface area contributed by atoms with E-state index in [-0.39, 0.29) is 5.91 Å². The van der Waals surface area contributed by atoms with E-state index in [1.807, 2.05) is 55.5 Å². The molecule has 0 fully saturated rings. The Hall–Kier alpha value is -2.66. The first-order valence-electron chi connectivity index (χ1n) is 7.59. The van der Waals surface area contributed by atoms with E-state index in [0.29, 0.717) is 12.2 Å². The van der Waals surface area contributed by atoms with E-state index in [0.717, 1.165) is 21.9 Å². The van der Waals surface area contributed by atoms with E-state index < -0.39 is 0 Å². The summed E-state index contributed by atoms with van der Waals surface area (Å²) in [4.78, 5) is 16.7. The molecule has 3 aromatic rings. The van der Waals surface area contributed by atoms with Gasteiger partial charge in [0.1, 0.15) is 16.5 Å². The molecule has 3 rings (SSSR count). The molecule has 1 aromatic heterocycles. The maximum Gasteiger partial charge on any atom is 0.271 e. The van der Waals surface area contributed by atoms with Crippen LogP contribution < -0.4 is 10.1 Å². The van der Waals surface area contributed by atoms with E-state index in [9.17, 15) is 4.79 Å². The van der Waals surface area contributed by atoms with Gasteiger partial charge in [0.2, 0.25) is 0 Å². The SMILES string of the molecule is COc1ccc(-c2nc(C(=O)NCc3ccc(C)cc3)cs2)cc1. The number of hydrogen-bond donors (Lipinski definition) is 1. The van der Waals surface area contributed by atoms with Crippen molar-refractivity contribution >= 4 is 17.2 Å². The first kappa shape index (κ1) is 16.2. The quantitative estimate of drug-likeness (QED) is 0.763. The van der Waals surface area contributed by atoms with Gasteiger partial charge >= 0.3 is 0 Å². The summed E-state index contributed by atoms with van der Waals surface area (Å²) in [7, 11) is 1.63. The average Bonchev–Trinajstić information content (AvgIpc) is 3.11. The zero-order valence-corrected chi connectivity index (χ0v) is 14.4. The predicted molar refractivity (Wildman–Crippen MR) is 96.5 cm³/mol. The normalized spacial score (nSPS) is 10.4. The molecule has 4 nitrogen and oxygen atoms in total. The third-order valence-corrected chi connectivity index (χ3v) is 4.54. The van der Waals surface area contributed by atoms with Gasteiger partial charge in [-0.15, -0.1) is 11.3 Å². The Kier molecular flexibility index (Phi) is 4.91. The average molecular weight is 338 g/mol. The number of rotatable bonds is 5. The molecule has 0 aliphatic heterocycles. The van der Waals surface area contributed by atoms with Crippen molar-refractivity contribution < 1.29 is 9.53 Å². The predicted octanol–water partition coefficient (Wildman–Crippen LogP) is 4.06. The Morgan fingerprint density at radius 2 is 1.83 bits per heavy atom. The lowest BCUT2D eigenvalue weighted by molar-refractivity contribution is 0.0946. The number of aryl methyl sites for hydroxylation is 1. The van der Waals surface area contributed by atoms with Crippen LogP contribution in [-0.2, 0) is 6.54 Å². The third kappa shape index (κ3) is 3.81. The van der Waals surface area contributed by atoms with Crippen molar-refractivity contribution in [2.45, 2.75) is 13.5 Å². The van der Waals surface area contributed by atoms with Crippen LogP contribution in [0.1, 0.15) is 21.6 Å². The molecule has 0 saturated carbocycles. The second kappa shape index (κ2) is 7.27. The molecule has 1 N–H and O–H groups in total. The lowest BCUT2D eigenvalue weighted by Crippen LogP contribution is -2.23. The van der Waals surface area contributed by atoms with Crippen molar-refractivity contribution in [2.24, 2.45) is 0 Å². The number of thiazole rings is 1. The minimum absolute atomic E-state index is 0.161. The third-order valence-electron chi connectivity index (χ3n) is 3.65. The van der Waals surface area contributed by atoms with Crippen molar-refractivity contribution in [3.8, 4) is 16.3 Å². The molecule has 0 aliphatic carbocycles. The molecular weight excluding hydrogens is 320 g/mol. The number of methoxy groups -OCH3 is 1. The molecule has 0 spiro atoms. The summed E-state index contributed by atoms with van der Waals surface area (Å²) in [5.41, 5.74) is 3.68. The van der Waals surface area contributed by atoms with Gasteiger partial charge in [0.15, 0.2) is 0 Å². The zero-order valence-electron chi connectivity index (χ0n) is 13.6. The summed E-state index contributed by atoms with van der Waals surface area (Å²) in [5.74, 6) is 0.637. The highest BCUT2D eigenvalue weighted by atomic mass is 32.1. The number of benzene rings is 2. The van der Waals surface area contributed by atoms with Crippen LogP contribution in [0.5, 0.6) is 5.75 Å². The van der Waals surface area contributed by atoms with Gasteiger partial charge in [-0.3, -0.25) is 4.79 Å². The van der Waals surface area contributed by atoms with Gasteiger partial charge in [0.25, 0.3) is 5.91 Å². The van der Waals surface area contributed by atoms with Gasteiger partial charge in [-0.1, -0.05) is 29.8 Å². The van der Waals surface area contributed by atoms with Gasteiger partial charge < -0.3 is 10.1 Å². The molecule has 122 valence electrons. The molecule has 24 heavy (non-hydrogen) atoms. The number of carbonyl (C=O) groups is 1. The Balaban J connectivity index is 1.65. The zero-order chi connectivity index (χ0) is 16.9. The minimum Gasteiger partial charge on any atom is -0.497 e. The van der Waals surface area contributed by atoms with Gasteiger partial charge in [-0.25, -0.2) is 4.98 Å². The van der Waals surface area contributed by atoms with E-state index in [4.69, 9.17) is 4.74 Å². The topological polar surface area (TPSA) is 51.2 Å². The van der Waals surface area contributed by atoms with Crippen LogP contribution in [0, 0.1) is 6.92 Å². The molecule has 1 heterocycles. The van der Waals surface area contributed by atoms with Gasteiger partial charge in [-0.05, 0) is 36.8 Å². The molecular formula is C19H18N2O2S. The molecule has 0 saturated heterocycles. The number of hydrogen-bond acceptors (Lipinski definition) is 4. The van der Waals surface area contributed by atoms with Crippen LogP contribution in [-0.4, -0.2) is 18.0 Å². The number of aromatic nitrogens is 1. The van der Waals surface area contributed by atoms with Crippen LogP contribution in [0.2, 0.25) is 0 Å². The number of ether oxygens (including phenoxy) is 1. The fourth-order valence-electron chi connectivity index (χ4n) is 2.22. The summed E-state index contributed by atoms with van der Waals surface area (Å²) >= 11 is 1.46. The van der Waals surface area contributed by atoms with Gasteiger partial charge in [0, 0.05) is 17.5 Å². The summed E-state index contributed by atoms with van der Waals surface area (Å²) in [6.07, 6.45) is 0. The summed E-state index contributed by atoms with van der Waals surface area (Å²) < 4.78 is 5.15. The molecule has 1 amide bonds. The van der Waals surface area contributed by atoms with Crippen molar-refractivity contribution in [1.82, 2.24) is 10.3 Å². The number of nitrogens with zero attached hydrogens (tertiary/aromatic N) is 1. The standard InChI is InChI=1S/C19H18N2O2S/c1-13-3-5-14(6-4-13)11-20-18(22)17-12-24-19(21-17)15-7-9-16(23-2)10-8-15/h3-10,12H,11H2,1-2H3,(H,20,22). The molecule has 0 unspecified atom stereocenters. The van der Waals surface area contributed by atoms with E-state index >= 15 is 0 Å². The lowest BCUT2D eigenvalue weighted by atomic mass is 10.1. The smallest absolute Gasteiger partial charge is 0.271 e. The second-order valence-electron chi connectivity index (χ2n) is 5.43. The monoisotopic (exact) mass is 338 g/mol. The lowest BCUT2D eigenvalue weighted by Gasteiger charge is -2.04. The highest BCUT2D eigenvalue weighted by Gasteiger charge is 2.11. The Morgan fingerprint density at radius 3 is 2.50 bits per heavy atom. The molecule has 0 atom stereocenters. The van der Waals surface area contributed by atoms with E-state index in [1.54, 1.807) is 12.5 Å². The minimum atomic E-state index is -0.161. The van der Waals surface area contributed by atoms with Crippen LogP contribution in [0.4, 0.5) is 0 Å². The molecule has 5 heteroatoms. The highest BCUT2D eigenvalue weighted by molar-refractivity contribution is 7.13. The van der Waals surface area contributed by atoms with Crippen molar-refractivity contribution in [2.75, 3.05) is 7.11 Å². The number of nitrogens with one attached hydrogen (secondary N) is 1. The van der Waals surface area contributed by atoms with Crippen LogP contribution in [0.3, 0.4) is 0 Å². The highest BCUT2D eigenvalue weighted by Crippen LogP contribution is 2.25. The first-order chi connectivity index (χ1) is 11.7. The Bertz CT molecular complexity index is 823. The number of carbonyl (C=O) groups excluding carboxylic acids is 1. The maximum absolute atomic E-state index is 12.2. The fourth-order valence-corrected chi connectivity index (χ4v) is 3.03. The van der Waals surface area contributed by atoms with Crippen LogP contribution >= 0.6 is 11.3 Å². The van der Waals surface area contributed by atoms with E-state index in [2.05, 4.69) is 10.3 Å². The van der Waals surface area contributed by atoms with Crippen LogP contribution in [0.15, 0.2) is 53.9 Å². The summed E-state index contributed by atoms with van der Waals surface area (Å²) in [6, 6.07) is 15.7. The molecule has 0 bridgehead atoms. The summed E-state index contributed by atoms with van der Waals surface area (Å²) in [5, 5.41) is 5.50. The molecule has 2 aromatic carbocycles. The summed E-state index contributed by atoms with van der Waals surface area (Å²) in [6.45, 7) is 2.53. The Labute approximate surface area is 145 Å². The van der Waals surface area contributed by atoms with Crippen LogP contribution in [0.25, 0.3) is 10.6 Å². The first-order valence-corrected chi connectivity index (χ1v) is 8.47.